The van der Waals surface area contributed by atoms with E-state index in [9.17, 15) is 9.59 Å². The van der Waals surface area contributed by atoms with Gasteiger partial charge >= 0.3 is 6.09 Å². The van der Waals surface area contributed by atoms with Gasteiger partial charge in [0.25, 0.3) is 5.56 Å². The third-order valence-electron chi connectivity index (χ3n) is 5.62. The summed E-state index contributed by atoms with van der Waals surface area (Å²) in [5.74, 6) is 0.844. The Morgan fingerprint density at radius 2 is 1.81 bits per heavy atom. The molecular formula is C23H29Cl2N9O3. The first-order valence-electron chi connectivity index (χ1n) is 11.7. The van der Waals surface area contributed by atoms with Gasteiger partial charge in [0, 0.05) is 26.1 Å². The van der Waals surface area contributed by atoms with Crippen LogP contribution in [0.25, 0.3) is 10.9 Å². The molecule has 0 aliphatic carbocycles. The highest BCUT2D eigenvalue weighted by atomic mass is 35.5. The van der Waals surface area contributed by atoms with E-state index >= 15 is 0 Å². The second-order valence-electron chi connectivity index (χ2n) is 9.51. The molecule has 198 valence electrons. The maximum atomic E-state index is 13.6. The highest BCUT2D eigenvalue weighted by Gasteiger charge is 2.28. The highest BCUT2D eigenvalue weighted by molar-refractivity contribution is 6.35. The molecule has 2 aromatic heterocycles. The number of ether oxygens (including phenoxy) is 1. The van der Waals surface area contributed by atoms with Crippen LogP contribution in [0.3, 0.4) is 0 Å². The average Bonchev–Trinajstić information content (AvgIpc) is 2.81. The molecule has 14 heteroatoms. The summed E-state index contributed by atoms with van der Waals surface area (Å²) in [4.78, 5) is 40.4. The number of fused-ring (bicyclic) bond motifs is 1. The van der Waals surface area contributed by atoms with Gasteiger partial charge in [-0.3, -0.25) is 4.79 Å². The summed E-state index contributed by atoms with van der Waals surface area (Å²) in [5, 5.41) is 5.75. The van der Waals surface area contributed by atoms with Gasteiger partial charge in [-0.2, -0.15) is 9.97 Å². The number of piperazine rings is 1. The molecule has 1 aliphatic heterocycles. The fourth-order valence-corrected chi connectivity index (χ4v) is 4.38. The average molecular weight is 550 g/mol. The van der Waals surface area contributed by atoms with Crippen LogP contribution in [0.4, 0.5) is 22.4 Å². The van der Waals surface area contributed by atoms with Crippen LogP contribution >= 0.6 is 23.2 Å². The van der Waals surface area contributed by atoms with Gasteiger partial charge in [-0.05, 0) is 32.9 Å². The van der Waals surface area contributed by atoms with Gasteiger partial charge in [0.2, 0.25) is 5.95 Å². The molecular weight excluding hydrogens is 521 g/mol. The number of amides is 1. The summed E-state index contributed by atoms with van der Waals surface area (Å²) >= 11 is 12.6. The number of hydrogen-bond acceptors (Lipinski definition) is 10. The van der Waals surface area contributed by atoms with Crippen LogP contribution in [-0.2, 0) is 11.2 Å². The van der Waals surface area contributed by atoms with Crippen molar-refractivity contribution in [3.05, 3.63) is 44.4 Å². The van der Waals surface area contributed by atoms with Crippen LogP contribution in [0.5, 0.6) is 0 Å². The minimum atomic E-state index is -0.591. The lowest BCUT2D eigenvalue weighted by atomic mass is 10.2. The Labute approximate surface area is 223 Å². The second-order valence-corrected chi connectivity index (χ2v) is 10.3. The highest BCUT2D eigenvalue weighted by Crippen LogP contribution is 2.25. The predicted molar refractivity (Wildman–Crippen MR) is 145 cm³/mol. The van der Waals surface area contributed by atoms with Gasteiger partial charge in [0.15, 0.2) is 5.82 Å². The number of nitrogens with zero attached hydrogens (tertiary/aromatic N) is 6. The Hall–Kier alpha value is -3.51. The lowest BCUT2D eigenvalue weighted by Crippen LogP contribution is -2.56. The van der Waals surface area contributed by atoms with Crippen molar-refractivity contribution >= 4 is 57.8 Å². The monoisotopic (exact) mass is 549 g/mol. The quantitative estimate of drug-likeness (QED) is 0.431. The van der Waals surface area contributed by atoms with E-state index in [1.54, 1.807) is 23.1 Å². The molecule has 1 amide bonds. The molecule has 12 nitrogen and oxygen atoms in total. The zero-order valence-corrected chi connectivity index (χ0v) is 22.3. The Morgan fingerprint density at radius 1 is 1.11 bits per heavy atom. The standard InChI is InChI=1S/C23H29Cl2N9O3/c1-23(2,3)37-22(36)32-9-11-33(12-10-32)34-15(29-14-6-4-5-13(24)16(14)20(34)35)7-8-28-19-17(25)18(26)30-21(27)31-19/h4-6H,7-12H2,1-3H3,(H5,26,27,28,30,31). The molecule has 1 fully saturated rings. The Kier molecular flexibility index (Phi) is 7.51. The van der Waals surface area contributed by atoms with Crippen molar-refractivity contribution in [2.45, 2.75) is 32.8 Å². The van der Waals surface area contributed by atoms with Crippen molar-refractivity contribution in [3.8, 4) is 0 Å². The van der Waals surface area contributed by atoms with Gasteiger partial charge < -0.3 is 31.4 Å². The van der Waals surface area contributed by atoms with Gasteiger partial charge in [-0.15, -0.1) is 0 Å². The molecule has 0 spiro atoms. The van der Waals surface area contributed by atoms with Crippen molar-refractivity contribution in [1.29, 1.82) is 0 Å². The molecule has 0 unspecified atom stereocenters. The number of carbonyl (C=O) groups excluding carboxylic acids is 1. The molecule has 37 heavy (non-hydrogen) atoms. The van der Waals surface area contributed by atoms with Gasteiger partial charge in [-0.1, -0.05) is 29.3 Å². The molecule has 1 saturated heterocycles. The van der Waals surface area contributed by atoms with Gasteiger partial charge in [0.1, 0.15) is 22.3 Å². The first-order chi connectivity index (χ1) is 17.4. The van der Waals surface area contributed by atoms with Gasteiger partial charge in [-0.25, -0.2) is 14.5 Å². The maximum Gasteiger partial charge on any atom is 0.410 e. The topological polar surface area (TPSA) is 158 Å². The number of carbonyl (C=O) groups is 1. The predicted octanol–water partition coefficient (Wildman–Crippen LogP) is 2.50. The molecule has 4 rings (SSSR count). The summed E-state index contributed by atoms with van der Waals surface area (Å²) in [5.41, 5.74) is 11.1. The summed E-state index contributed by atoms with van der Waals surface area (Å²) in [6, 6.07) is 5.15. The Morgan fingerprint density at radius 3 is 2.49 bits per heavy atom. The van der Waals surface area contributed by atoms with Crippen LogP contribution in [0.2, 0.25) is 10.0 Å². The summed E-state index contributed by atoms with van der Waals surface area (Å²) in [7, 11) is 0. The van der Waals surface area contributed by atoms with Crippen LogP contribution in [0.1, 0.15) is 26.6 Å². The van der Waals surface area contributed by atoms with E-state index in [2.05, 4.69) is 15.3 Å². The number of rotatable bonds is 5. The Bertz CT molecular complexity index is 1380. The molecule has 0 radical (unpaired) electrons. The fraction of sp³-hybridized carbons (Fsp3) is 0.435. The number of aromatic nitrogens is 4. The third-order valence-corrected chi connectivity index (χ3v) is 6.31. The number of nitrogens with two attached hydrogens (primary N) is 2. The zero-order chi connectivity index (χ0) is 26.9. The van der Waals surface area contributed by atoms with E-state index in [0.29, 0.717) is 60.9 Å². The number of halogens is 2. The molecule has 0 atom stereocenters. The van der Waals surface area contributed by atoms with E-state index in [-0.39, 0.29) is 34.3 Å². The smallest absolute Gasteiger partial charge is 0.410 e. The van der Waals surface area contributed by atoms with E-state index in [1.165, 1.54) is 4.68 Å². The number of anilines is 3. The van der Waals surface area contributed by atoms with E-state index in [4.69, 9.17) is 44.4 Å². The summed E-state index contributed by atoms with van der Waals surface area (Å²) < 4.78 is 7.02. The molecule has 0 saturated carbocycles. The van der Waals surface area contributed by atoms with Crippen molar-refractivity contribution in [1.82, 2.24) is 24.5 Å². The van der Waals surface area contributed by atoms with Crippen LogP contribution < -0.4 is 27.4 Å². The number of nitrogen functional groups attached to an aromatic ring is 2. The molecule has 1 aliphatic rings. The largest absolute Gasteiger partial charge is 0.444 e. The molecule has 3 aromatic rings. The minimum absolute atomic E-state index is 0.0114. The van der Waals surface area contributed by atoms with E-state index < -0.39 is 5.60 Å². The first kappa shape index (κ1) is 26.6. The van der Waals surface area contributed by atoms with Crippen LogP contribution in [0, 0.1) is 0 Å². The number of benzene rings is 1. The lowest BCUT2D eigenvalue weighted by Gasteiger charge is -2.37. The molecule has 5 N–H and O–H groups in total. The fourth-order valence-electron chi connectivity index (χ4n) is 3.98. The number of hydrogen-bond donors (Lipinski definition) is 3. The Balaban J connectivity index is 1.60. The third kappa shape index (κ3) is 5.91. The number of nitrogens with one attached hydrogen (secondary N) is 1. The molecule has 1 aromatic carbocycles. The SMILES string of the molecule is CC(C)(C)OC(=O)N1CCN(n2c(CCNc3nc(N)nc(N)c3Cl)nc3cccc(Cl)c3c2=O)CC1. The normalized spacial score (nSPS) is 14.2. The summed E-state index contributed by atoms with van der Waals surface area (Å²) in [6.07, 6.45) is -0.0479. The van der Waals surface area contributed by atoms with Crippen molar-refractivity contribution in [2.75, 3.05) is 54.5 Å². The van der Waals surface area contributed by atoms with Crippen LogP contribution in [-0.4, -0.2) is 68.9 Å². The lowest BCUT2D eigenvalue weighted by molar-refractivity contribution is 0.0231. The maximum absolute atomic E-state index is 13.6. The van der Waals surface area contributed by atoms with Crippen molar-refractivity contribution < 1.29 is 9.53 Å². The van der Waals surface area contributed by atoms with E-state index in [1.807, 2.05) is 25.8 Å². The van der Waals surface area contributed by atoms with E-state index in [0.717, 1.165) is 0 Å². The van der Waals surface area contributed by atoms with Gasteiger partial charge in [0.05, 0.1) is 29.0 Å². The van der Waals surface area contributed by atoms with Crippen molar-refractivity contribution in [2.24, 2.45) is 0 Å². The zero-order valence-electron chi connectivity index (χ0n) is 20.8. The minimum Gasteiger partial charge on any atom is -0.444 e. The molecule has 3 heterocycles. The summed E-state index contributed by atoms with van der Waals surface area (Å²) in [6.45, 7) is 7.37. The van der Waals surface area contributed by atoms with Crippen molar-refractivity contribution in [3.63, 3.8) is 0 Å². The van der Waals surface area contributed by atoms with Crippen LogP contribution in [0.15, 0.2) is 23.0 Å². The molecule has 0 bridgehead atoms. The second kappa shape index (κ2) is 10.5. The first-order valence-corrected chi connectivity index (χ1v) is 12.5.